The Kier molecular flexibility index (Phi) is 8.89. The highest BCUT2D eigenvalue weighted by Gasteiger charge is 2.25. The van der Waals surface area contributed by atoms with Gasteiger partial charge in [-0.3, -0.25) is 4.79 Å². The molecule has 0 aliphatic heterocycles. The summed E-state index contributed by atoms with van der Waals surface area (Å²) in [5, 5.41) is 6.35. The molecule has 0 aromatic carbocycles. The van der Waals surface area contributed by atoms with E-state index in [0.29, 0.717) is 6.04 Å². The van der Waals surface area contributed by atoms with Gasteiger partial charge < -0.3 is 10.6 Å². The minimum absolute atomic E-state index is 0.0369. The van der Waals surface area contributed by atoms with Gasteiger partial charge in [0, 0.05) is 6.04 Å². The lowest BCUT2D eigenvalue weighted by molar-refractivity contribution is -0.122. The van der Waals surface area contributed by atoms with E-state index in [2.05, 4.69) is 17.6 Å². The molecule has 19 heavy (non-hydrogen) atoms. The third-order valence-corrected chi connectivity index (χ3v) is 3.80. The van der Waals surface area contributed by atoms with Crippen LogP contribution in [-0.4, -0.2) is 24.5 Å². The third kappa shape index (κ3) is 9.04. The SMILES string of the molecule is CCCCCCCCCCNC(C)C(=O)NC1CC1. The number of carbonyl (C=O) groups excluding carboxylic acids is 1. The molecular weight excluding hydrogens is 236 g/mol. The topological polar surface area (TPSA) is 41.1 Å². The second kappa shape index (κ2) is 10.2. The first kappa shape index (κ1) is 16.5. The Hall–Kier alpha value is -0.570. The molecule has 112 valence electrons. The van der Waals surface area contributed by atoms with E-state index < -0.39 is 0 Å². The summed E-state index contributed by atoms with van der Waals surface area (Å²) in [6.07, 6.45) is 13.0. The fourth-order valence-electron chi connectivity index (χ4n) is 2.22. The molecule has 1 amide bonds. The van der Waals surface area contributed by atoms with Gasteiger partial charge >= 0.3 is 0 Å². The van der Waals surface area contributed by atoms with Crippen molar-refractivity contribution in [1.82, 2.24) is 10.6 Å². The van der Waals surface area contributed by atoms with Crippen molar-refractivity contribution in [1.29, 1.82) is 0 Å². The van der Waals surface area contributed by atoms with Gasteiger partial charge in [-0.15, -0.1) is 0 Å². The largest absolute Gasteiger partial charge is 0.352 e. The fourth-order valence-corrected chi connectivity index (χ4v) is 2.22. The summed E-state index contributed by atoms with van der Waals surface area (Å²) in [6.45, 7) is 5.18. The number of unbranched alkanes of at least 4 members (excludes halogenated alkanes) is 7. The normalized spacial score (nSPS) is 16.3. The number of hydrogen-bond donors (Lipinski definition) is 2. The van der Waals surface area contributed by atoms with Crippen molar-refractivity contribution in [2.45, 2.75) is 90.1 Å². The van der Waals surface area contributed by atoms with E-state index >= 15 is 0 Å². The summed E-state index contributed by atoms with van der Waals surface area (Å²) in [5.41, 5.74) is 0. The maximum atomic E-state index is 11.7. The van der Waals surface area contributed by atoms with Crippen LogP contribution in [0.1, 0.15) is 78.1 Å². The Morgan fingerprint density at radius 1 is 1.05 bits per heavy atom. The van der Waals surface area contributed by atoms with E-state index in [1.54, 1.807) is 0 Å². The van der Waals surface area contributed by atoms with Crippen LogP contribution in [0.5, 0.6) is 0 Å². The lowest BCUT2D eigenvalue weighted by Crippen LogP contribution is -2.43. The van der Waals surface area contributed by atoms with Gasteiger partial charge in [-0.2, -0.15) is 0 Å². The molecule has 0 saturated heterocycles. The number of carbonyl (C=O) groups is 1. The molecule has 1 aliphatic carbocycles. The van der Waals surface area contributed by atoms with Crippen LogP contribution >= 0.6 is 0 Å². The first-order chi connectivity index (χ1) is 9.24. The molecule has 0 spiro atoms. The molecule has 3 nitrogen and oxygen atoms in total. The molecule has 0 aromatic heterocycles. The Balaban J connectivity index is 1.82. The van der Waals surface area contributed by atoms with Crippen LogP contribution in [0.15, 0.2) is 0 Å². The van der Waals surface area contributed by atoms with Crippen LogP contribution in [0.25, 0.3) is 0 Å². The standard InChI is InChI=1S/C16H32N2O/c1-3-4-5-6-7-8-9-10-13-17-14(2)16(19)18-15-11-12-15/h14-15,17H,3-13H2,1-2H3,(H,18,19). The zero-order valence-corrected chi connectivity index (χ0v) is 12.8. The summed E-state index contributed by atoms with van der Waals surface area (Å²) >= 11 is 0. The minimum atomic E-state index is -0.0369. The van der Waals surface area contributed by atoms with Crippen molar-refractivity contribution >= 4 is 5.91 Å². The summed E-state index contributed by atoms with van der Waals surface area (Å²) in [6, 6.07) is 0.435. The van der Waals surface area contributed by atoms with E-state index in [9.17, 15) is 4.79 Å². The Morgan fingerprint density at radius 3 is 2.21 bits per heavy atom. The molecule has 1 atom stereocenters. The van der Waals surface area contributed by atoms with Crippen molar-refractivity contribution in [3.8, 4) is 0 Å². The molecular formula is C16H32N2O. The maximum absolute atomic E-state index is 11.7. The van der Waals surface area contributed by atoms with Gasteiger partial charge in [0.05, 0.1) is 6.04 Å². The van der Waals surface area contributed by atoms with Gasteiger partial charge in [0.25, 0.3) is 0 Å². The first-order valence-corrected chi connectivity index (χ1v) is 8.27. The summed E-state index contributed by atoms with van der Waals surface area (Å²) in [7, 11) is 0. The minimum Gasteiger partial charge on any atom is -0.352 e. The quantitative estimate of drug-likeness (QED) is 0.533. The second-order valence-electron chi connectivity index (χ2n) is 5.93. The number of amides is 1. The smallest absolute Gasteiger partial charge is 0.237 e. The molecule has 2 N–H and O–H groups in total. The lowest BCUT2D eigenvalue weighted by Gasteiger charge is -2.13. The third-order valence-electron chi connectivity index (χ3n) is 3.80. The highest BCUT2D eigenvalue weighted by Crippen LogP contribution is 2.18. The van der Waals surface area contributed by atoms with E-state index in [1.165, 1.54) is 51.4 Å². The van der Waals surface area contributed by atoms with Crippen molar-refractivity contribution in [3.05, 3.63) is 0 Å². The van der Waals surface area contributed by atoms with Gasteiger partial charge in [0.15, 0.2) is 0 Å². The Morgan fingerprint density at radius 2 is 1.63 bits per heavy atom. The van der Waals surface area contributed by atoms with E-state index in [0.717, 1.165) is 19.4 Å². The monoisotopic (exact) mass is 268 g/mol. The summed E-state index contributed by atoms with van der Waals surface area (Å²) < 4.78 is 0. The zero-order valence-electron chi connectivity index (χ0n) is 12.8. The number of nitrogens with one attached hydrogen (secondary N) is 2. The molecule has 0 bridgehead atoms. The zero-order chi connectivity index (χ0) is 13.9. The van der Waals surface area contributed by atoms with Crippen LogP contribution in [0.3, 0.4) is 0 Å². The van der Waals surface area contributed by atoms with Crippen molar-refractivity contribution in [3.63, 3.8) is 0 Å². The molecule has 1 rings (SSSR count). The molecule has 1 aliphatic rings. The molecule has 1 saturated carbocycles. The highest BCUT2D eigenvalue weighted by molar-refractivity contribution is 5.81. The van der Waals surface area contributed by atoms with Gasteiger partial charge in [-0.25, -0.2) is 0 Å². The van der Waals surface area contributed by atoms with Crippen LogP contribution in [-0.2, 0) is 4.79 Å². The van der Waals surface area contributed by atoms with Gasteiger partial charge in [-0.05, 0) is 32.7 Å². The van der Waals surface area contributed by atoms with E-state index in [1.807, 2.05) is 6.92 Å². The van der Waals surface area contributed by atoms with Crippen molar-refractivity contribution in [2.75, 3.05) is 6.54 Å². The molecule has 1 unspecified atom stereocenters. The van der Waals surface area contributed by atoms with Crippen molar-refractivity contribution in [2.24, 2.45) is 0 Å². The number of rotatable bonds is 12. The molecule has 1 fully saturated rings. The van der Waals surface area contributed by atoms with E-state index in [-0.39, 0.29) is 11.9 Å². The fraction of sp³-hybridized carbons (Fsp3) is 0.938. The van der Waals surface area contributed by atoms with E-state index in [4.69, 9.17) is 0 Å². The molecule has 3 heteroatoms. The predicted octanol–water partition coefficient (Wildman–Crippen LogP) is 3.38. The Labute approximate surface area is 118 Å². The summed E-state index contributed by atoms with van der Waals surface area (Å²) in [4.78, 5) is 11.7. The van der Waals surface area contributed by atoms with Crippen LogP contribution in [0, 0.1) is 0 Å². The van der Waals surface area contributed by atoms with Gasteiger partial charge in [0.2, 0.25) is 5.91 Å². The van der Waals surface area contributed by atoms with Gasteiger partial charge in [0.1, 0.15) is 0 Å². The molecule has 0 aromatic rings. The Bertz CT molecular complexity index is 239. The van der Waals surface area contributed by atoms with Gasteiger partial charge in [-0.1, -0.05) is 51.9 Å². The van der Waals surface area contributed by atoms with Crippen molar-refractivity contribution < 1.29 is 4.79 Å². The van der Waals surface area contributed by atoms with Crippen LogP contribution in [0.2, 0.25) is 0 Å². The lowest BCUT2D eigenvalue weighted by atomic mass is 10.1. The van der Waals surface area contributed by atoms with Crippen LogP contribution < -0.4 is 10.6 Å². The maximum Gasteiger partial charge on any atom is 0.237 e. The summed E-state index contributed by atoms with van der Waals surface area (Å²) in [5.74, 6) is 0.169. The average Bonchev–Trinajstić information content (AvgIpc) is 3.20. The molecule has 0 heterocycles. The van der Waals surface area contributed by atoms with Crippen LogP contribution in [0.4, 0.5) is 0 Å². The molecule has 0 radical (unpaired) electrons. The highest BCUT2D eigenvalue weighted by atomic mass is 16.2. The first-order valence-electron chi connectivity index (χ1n) is 8.27. The number of hydrogen-bond acceptors (Lipinski definition) is 2. The second-order valence-corrected chi connectivity index (χ2v) is 5.93. The average molecular weight is 268 g/mol. The predicted molar refractivity (Wildman–Crippen MR) is 81.2 cm³/mol.